The lowest BCUT2D eigenvalue weighted by molar-refractivity contribution is -0.146. The smallest absolute Gasteiger partial charge is 0.325 e. The Bertz CT molecular complexity index is 352. The molecule has 0 fully saturated rings. The number of halogens is 2. The van der Waals surface area contributed by atoms with E-state index in [4.69, 9.17) is 5.73 Å². The number of nitrogens with two attached hydrogens (primary N) is 1. The summed E-state index contributed by atoms with van der Waals surface area (Å²) < 4.78 is 5.64. The first-order valence-corrected chi connectivity index (χ1v) is 5.37. The van der Waals surface area contributed by atoms with E-state index in [1.54, 1.807) is 6.92 Å². The molecule has 0 saturated heterocycles. The highest BCUT2D eigenvalue weighted by Crippen LogP contribution is 2.15. The maximum absolute atomic E-state index is 11.3. The molecule has 0 spiro atoms. The van der Waals surface area contributed by atoms with E-state index >= 15 is 0 Å². The molecule has 0 saturated carbocycles. The molecule has 0 bridgehead atoms. The summed E-state index contributed by atoms with van der Waals surface area (Å²) in [5.74, 6) is -0.398. The largest absolute Gasteiger partial charge is 0.468 e. The van der Waals surface area contributed by atoms with Crippen LogP contribution in [0.25, 0.3) is 0 Å². The van der Waals surface area contributed by atoms with Gasteiger partial charge in [-0.1, -0.05) is 28.1 Å². The molecule has 1 aromatic carbocycles. The van der Waals surface area contributed by atoms with E-state index in [2.05, 4.69) is 20.7 Å². The molecule has 5 heteroatoms. The molecule has 2 N–H and O–H groups in total. The number of hydrogen-bond donors (Lipinski definition) is 1. The second kappa shape index (κ2) is 6.23. The van der Waals surface area contributed by atoms with Crippen LogP contribution in [-0.2, 0) is 16.0 Å². The summed E-state index contributed by atoms with van der Waals surface area (Å²) in [6.45, 7) is 1.67. The zero-order valence-corrected chi connectivity index (χ0v) is 11.6. The van der Waals surface area contributed by atoms with E-state index < -0.39 is 11.5 Å². The Labute approximate surface area is 110 Å². The van der Waals surface area contributed by atoms with Crippen LogP contribution < -0.4 is 5.73 Å². The molecule has 1 atom stereocenters. The van der Waals surface area contributed by atoms with Crippen LogP contribution in [0.15, 0.2) is 28.7 Å². The predicted molar refractivity (Wildman–Crippen MR) is 69.7 cm³/mol. The average molecular weight is 309 g/mol. The van der Waals surface area contributed by atoms with Gasteiger partial charge in [0.2, 0.25) is 0 Å². The SMILES string of the molecule is COC(=O)[C@](C)(N)Cc1ccc(Br)cc1.Cl. The lowest BCUT2D eigenvalue weighted by Crippen LogP contribution is -2.47. The molecule has 1 rings (SSSR count). The molecule has 0 aliphatic carbocycles. The summed E-state index contributed by atoms with van der Waals surface area (Å²) in [4.78, 5) is 11.3. The number of benzene rings is 1. The fourth-order valence-electron chi connectivity index (χ4n) is 1.33. The Morgan fingerprint density at radius 1 is 1.44 bits per heavy atom. The number of carbonyl (C=O) groups is 1. The van der Waals surface area contributed by atoms with Gasteiger partial charge in [-0.3, -0.25) is 4.79 Å². The number of methoxy groups -OCH3 is 1. The molecule has 0 amide bonds. The third kappa shape index (κ3) is 4.12. The monoisotopic (exact) mass is 307 g/mol. The van der Waals surface area contributed by atoms with Gasteiger partial charge < -0.3 is 10.5 Å². The van der Waals surface area contributed by atoms with Gasteiger partial charge in [0.05, 0.1) is 7.11 Å². The Hall–Kier alpha value is -0.580. The number of carbonyl (C=O) groups excluding carboxylic acids is 1. The second-order valence-electron chi connectivity index (χ2n) is 3.71. The normalized spacial score (nSPS) is 13.5. The summed E-state index contributed by atoms with van der Waals surface area (Å²) >= 11 is 3.34. The van der Waals surface area contributed by atoms with Gasteiger partial charge in [-0.05, 0) is 24.6 Å². The summed E-state index contributed by atoms with van der Waals surface area (Å²) in [5.41, 5.74) is 5.89. The van der Waals surface area contributed by atoms with Crippen molar-refractivity contribution in [3.8, 4) is 0 Å². The molecule has 1 aromatic rings. The van der Waals surface area contributed by atoms with Crippen molar-refractivity contribution in [2.75, 3.05) is 7.11 Å². The molecule has 90 valence electrons. The highest BCUT2D eigenvalue weighted by atomic mass is 79.9. The van der Waals surface area contributed by atoms with Crippen LogP contribution in [0.5, 0.6) is 0 Å². The van der Waals surface area contributed by atoms with Gasteiger partial charge in [0, 0.05) is 10.9 Å². The van der Waals surface area contributed by atoms with Crippen molar-refractivity contribution in [2.24, 2.45) is 5.73 Å². The average Bonchev–Trinajstić information content (AvgIpc) is 2.20. The topological polar surface area (TPSA) is 52.3 Å². The summed E-state index contributed by atoms with van der Waals surface area (Å²) in [5, 5.41) is 0. The second-order valence-corrected chi connectivity index (χ2v) is 4.63. The van der Waals surface area contributed by atoms with Crippen LogP contribution in [-0.4, -0.2) is 18.6 Å². The fourth-order valence-corrected chi connectivity index (χ4v) is 1.60. The highest BCUT2D eigenvalue weighted by Gasteiger charge is 2.29. The minimum Gasteiger partial charge on any atom is -0.468 e. The van der Waals surface area contributed by atoms with Crippen molar-refractivity contribution in [3.63, 3.8) is 0 Å². The molecule has 0 aromatic heterocycles. The minimum absolute atomic E-state index is 0. The van der Waals surface area contributed by atoms with Gasteiger partial charge in [0.25, 0.3) is 0 Å². The van der Waals surface area contributed by atoms with E-state index in [-0.39, 0.29) is 12.4 Å². The van der Waals surface area contributed by atoms with Gasteiger partial charge >= 0.3 is 5.97 Å². The van der Waals surface area contributed by atoms with Gasteiger partial charge in [-0.15, -0.1) is 12.4 Å². The van der Waals surface area contributed by atoms with Crippen LogP contribution in [0.2, 0.25) is 0 Å². The van der Waals surface area contributed by atoms with E-state index in [0.717, 1.165) is 10.0 Å². The first-order chi connectivity index (χ1) is 6.95. The van der Waals surface area contributed by atoms with Crippen molar-refractivity contribution < 1.29 is 9.53 Å². The van der Waals surface area contributed by atoms with Crippen molar-refractivity contribution in [1.82, 2.24) is 0 Å². The van der Waals surface area contributed by atoms with Crippen LogP contribution >= 0.6 is 28.3 Å². The predicted octanol–water partition coefficient (Wildman–Crippen LogP) is 2.30. The first-order valence-electron chi connectivity index (χ1n) is 4.57. The summed E-state index contributed by atoms with van der Waals surface area (Å²) in [6, 6.07) is 7.70. The molecule has 16 heavy (non-hydrogen) atoms. The molecule has 0 radical (unpaired) electrons. The molecule has 0 unspecified atom stereocenters. The number of rotatable bonds is 3. The Morgan fingerprint density at radius 3 is 2.38 bits per heavy atom. The molecular weight excluding hydrogens is 293 g/mol. The maximum atomic E-state index is 11.3. The van der Waals surface area contributed by atoms with Gasteiger partial charge in [0.15, 0.2) is 0 Å². The maximum Gasteiger partial charge on any atom is 0.325 e. The highest BCUT2D eigenvalue weighted by molar-refractivity contribution is 9.10. The van der Waals surface area contributed by atoms with E-state index in [1.807, 2.05) is 24.3 Å². The van der Waals surface area contributed by atoms with Crippen molar-refractivity contribution >= 4 is 34.3 Å². The third-order valence-electron chi connectivity index (χ3n) is 2.14. The number of ether oxygens (including phenoxy) is 1. The third-order valence-corrected chi connectivity index (χ3v) is 2.66. The zero-order chi connectivity index (χ0) is 11.5. The molecular formula is C11H15BrClNO2. The van der Waals surface area contributed by atoms with E-state index in [0.29, 0.717) is 6.42 Å². The number of hydrogen-bond acceptors (Lipinski definition) is 3. The van der Waals surface area contributed by atoms with Crippen LogP contribution in [0.1, 0.15) is 12.5 Å². The minimum atomic E-state index is -0.970. The summed E-state index contributed by atoms with van der Waals surface area (Å²) in [7, 11) is 1.34. The molecule has 3 nitrogen and oxygen atoms in total. The van der Waals surface area contributed by atoms with Gasteiger partial charge in [0.1, 0.15) is 5.54 Å². The van der Waals surface area contributed by atoms with Crippen molar-refractivity contribution in [3.05, 3.63) is 34.3 Å². The Balaban J connectivity index is 0.00000225. The molecule has 0 heterocycles. The van der Waals surface area contributed by atoms with Crippen LogP contribution in [0.4, 0.5) is 0 Å². The van der Waals surface area contributed by atoms with E-state index in [9.17, 15) is 4.79 Å². The lowest BCUT2D eigenvalue weighted by Gasteiger charge is -2.21. The zero-order valence-electron chi connectivity index (χ0n) is 9.20. The molecule has 0 aliphatic heterocycles. The van der Waals surface area contributed by atoms with Crippen molar-refractivity contribution in [2.45, 2.75) is 18.9 Å². The van der Waals surface area contributed by atoms with Crippen LogP contribution in [0.3, 0.4) is 0 Å². The number of esters is 1. The van der Waals surface area contributed by atoms with Gasteiger partial charge in [-0.2, -0.15) is 0 Å². The summed E-state index contributed by atoms with van der Waals surface area (Å²) in [6.07, 6.45) is 0.465. The quantitative estimate of drug-likeness (QED) is 0.872. The van der Waals surface area contributed by atoms with Gasteiger partial charge in [-0.25, -0.2) is 0 Å². The Kier molecular flexibility index (Phi) is 6.00. The lowest BCUT2D eigenvalue weighted by atomic mass is 9.94. The first kappa shape index (κ1) is 15.4. The van der Waals surface area contributed by atoms with Crippen LogP contribution in [0, 0.1) is 0 Å². The van der Waals surface area contributed by atoms with Crippen molar-refractivity contribution in [1.29, 1.82) is 0 Å². The fraction of sp³-hybridized carbons (Fsp3) is 0.364. The van der Waals surface area contributed by atoms with E-state index in [1.165, 1.54) is 7.11 Å². The molecule has 0 aliphatic rings. The Morgan fingerprint density at radius 2 is 1.94 bits per heavy atom. The standard InChI is InChI=1S/C11H14BrNO2.ClH/c1-11(13,10(14)15-2)7-8-3-5-9(12)6-4-8;/h3-6H,7,13H2,1-2H3;1H/t11-;/m1./s1.